The molecule has 5 rings (SSSR count). The second kappa shape index (κ2) is 9.16. The van der Waals surface area contributed by atoms with E-state index in [-0.39, 0.29) is 6.54 Å². The Kier molecular flexibility index (Phi) is 5.89. The molecular formula is C24H26N8O3. The van der Waals surface area contributed by atoms with Gasteiger partial charge in [0.05, 0.1) is 5.69 Å². The fourth-order valence-electron chi connectivity index (χ4n) is 4.53. The van der Waals surface area contributed by atoms with Crippen molar-refractivity contribution in [3.63, 3.8) is 0 Å². The van der Waals surface area contributed by atoms with Crippen molar-refractivity contribution >= 4 is 29.2 Å². The Labute approximate surface area is 202 Å². The van der Waals surface area contributed by atoms with Crippen LogP contribution < -0.4 is 15.5 Å². The first-order valence-corrected chi connectivity index (χ1v) is 11.6. The lowest BCUT2D eigenvalue weighted by atomic mass is 9.91. The number of piperidine rings is 1. The molecule has 2 aliphatic rings. The first-order chi connectivity index (χ1) is 16.9. The summed E-state index contributed by atoms with van der Waals surface area (Å²) < 4.78 is 1.45. The number of urea groups is 1. The Bertz CT molecular complexity index is 1240. The molecule has 1 aromatic heterocycles. The Morgan fingerprint density at radius 2 is 1.83 bits per heavy atom. The predicted octanol–water partition coefficient (Wildman–Crippen LogP) is 2.06. The zero-order chi connectivity index (χ0) is 24.4. The molecule has 35 heavy (non-hydrogen) atoms. The molecule has 2 aliphatic heterocycles. The number of nitrogens with zero attached hydrogens (tertiary/aromatic N) is 6. The number of benzene rings is 2. The van der Waals surface area contributed by atoms with E-state index < -0.39 is 23.4 Å². The molecule has 11 heteroatoms. The van der Waals surface area contributed by atoms with Crippen LogP contribution in [0.15, 0.2) is 54.9 Å². The monoisotopic (exact) mass is 474 g/mol. The number of amides is 4. The number of rotatable bonds is 6. The van der Waals surface area contributed by atoms with Crippen LogP contribution in [0.5, 0.6) is 0 Å². The zero-order valence-electron chi connectivity index (χ0n) is 19.3. The quantitative estimate of drug-likeness (QED) is 0.524. The summed E-state index contributed by atoms with van der Waals surface area (Å²) in [5, 5.41) is 16.6. The maximum absolute atomic E-state index is 13.3. The lowest BCUT2D eigenvalue weighted by molar-refractivity contribution is -0.133. The van der Waals surface area contributed by atoms with Crippen molar-refractivity contribution in [2.75, 3.05) is 29.9 Å². The van der Waals surface area contributed by atoms with Gasteiger partial charge in [-0.1, -0.05) is 12.1 Å². The number of hydrogen-bond donors (Lipinski definition) is 2. The Balaban J connectivity index is 1.25. The number of nitrogens with one attached hydrogen (secondary N) is 2. The normalized spacial score (nSPS) is 20.1. The number of carbonyl (C=O) groups is 3. The molecule has 0 aliphatic carbocycles. The van der Waals surface area contributed by atoms with Crippen molar-refractivity contribution in [3.8, 4) is 5.69 Å². The molecule has 0 unspecified atom stereocenters. The van der Waals surface area contributed by atoms with E-state index in [1.807, 2.05) is 24.3 Å². The van der Waals surface area contributed by atoms with Crippen LogP contribution in [0, 0.1) is 0 Å². The van der Waals surface area contributed by atoms with Crippen molar-refractivity contribution in [1.82, 2.24) is 30.4 Å². The van der Waals surface area contributed by atoms with E-state index >= 15 is 0 Å². The summed E-state index contributed by atoms with van der Waals surface area (Å²) in [6.45, 7) is 3.30. The number of carbonyl (C=O) groups excluding carboxylic acids is 3. The third-order valence-electron chi connectivity index (χ3n) is 6.49. The van der Waals surface area contributed by atoms with Gasteiger partial charge in [-0.15, -0.1) is 5.10 Å². The van der Waals surface area contributed by atoms with E-state index in [1.54, 1.807) is 31.2 Å². The average molecular weight is 475 g/mol. The molecule has 2 aromatic carbocycles. The first-order valence-electron chi connectivity index (χ1n) is 11.6. The maximum Gasteiger partial charge on any atom is 0.325 e. The van der Waals surface area contributed by atoms with Crippen molar-refractivity contribution in [2.45, 2.75) is 31.7 Å². The Hall–Kier alpha value is -4.28. The highest BCUT2D eigenvalue weighted by atomic mass is 16.2. The van der Waals surface area contributed by atoms with Crippen LogP contribution in [-0.2, 0) is 15.1 Å². The summed E-state index contributed by atoms with van der Waals surface area (Å²) in [5.41, 5.74) is 1.61. The lowest BCUT2D eigenvalue weighted by Gasteiger charge is -2.28. The van der Waals surface area contributed by atoms with Crippen molar-refractivity contribution in [1.29, 1.82) is 0 Å². The minimum Gasteiger partial charge on any atom is -0.372 e. The van der Waals surface area contributed by atoms with E-state index in [0.29, 0.717) is 16.9 Å². The summed E-state index contributed by atoms with van der Waals surface area (Å²) in [5.74, 6) is -0.960. The Morgan fingerprint density at radius 1 is 1.06 bits per heavy atom. The molecule has 0 spiro atoms. The van der Waals surface area contributed by atoms with E-state index in [9.17, 15) is 14.4 Å². The maximum atomic E-state index is 13.3. The number of aromatic nitrogens is 4. The topological polar surface area (TPSA) is 125 Å². The second-order valence-corrected chi connectivity index (χ2v) is 8.89. The van der Waals surface area contributed by atoms with Gasteiger partial charge in [-0.25, -0.2) is 9.48 Å². The third kappa shape index (κ3) is 4.44. The van der Waals surface area contributed by atoms with E-state index in [0.717, 1.165) is 23.7 Å². The zero-order valence-corrected chi connectivity index (χ0v) is 19.3. The molecule has 2 fully saturated rings. The number of tetrazole rings is 1. The summed E-state index contributed by atoms with van der Waals surface area (Å²) in [4.78, 5) is 41.9. The van der Waals surface area contributed by atoms with Crippen LogP contribution in [0.25, 0.3) is 5.69 Å². The Morgan fingerprint density at radius 3 is 2.54 bits per heavy atom. The SMILES string of the molecule is C[C@]1(c2cccc(-n3cnnn3)c2)NC(=O)N(CC(=O)Nc2ccc(N3CCCCC3)cc2)C1=O. The van der Waals surface area contributed by atoms with Gasteiger partial charge in [0.1, 0.15) is 18.4 Å². The highest BCUT2D eigenvalue weighted by Crippen LogP contribution is 2.30. The molecule has 4 amide bonds. The van der Waals surface area contributed by atoms with Crippen molar-refractivity contribution in [2.24, 2.45) is 0 Å². The highest BCUT2D eigenvalue weighted by Gasteiger charge is 2.49. The van der Waals surface area contributed by atoms with Crippen molar-refractivity contribution in [3.05, 3.63) is 60.4 Å². The molecule has 0 saturated carbocycles. The molecule has 3 aromatic rings. The van der Waals surface area contributed by atoms with E-state index in [1.165, 1.54) is 30.3 Å². The second-order valence-electron chi connectivity index (χ2n) is 8.89. The standard InChI is InChI=1S/C24H26N8O3/c1-24(17-6-5-7-20(14-17)32-16-25-28-29-32)22(34)31(23(35)27-24)15-21(33)26-18-8-10-19(11-9-18)30-12-3-2-4-13-30/h5-11,14,16H,2-4,12-13,15H2,1H3,(H,26,33)(H,27,35)/t24-/m1/s1. The number of hydrogen-bond acceptors (Lipinski definition) is 7. The summed E-state index contributed by atoms with van der Waals surface area (Å²) in [6, 6.07) is 14.0. The minimum absolute atomic E-state index is 0.388. The van der Waals surface area contributed by atoms with Gasteiger partial charge in [-0.3, -0.25) is 14.5 Å². The van der Waals surface area contributed by atoms with Crippen molar-refractivity contribution < 1.29 is 14.4 Å². The van der Waals surface area contributed by atoms with Gasteiger partial charge < -0.3 is 15.5 Å². The molecule has 1 atom stereocenters. The average Bonchev–Trinajstić information content (AvgIpc) is 3.49. The van der Waals surface area contributed by atoms with Gasteiger partial charge in [-0.2, -0.15) is 0 Å². The molecule has 0 radical (unpaired) electrons. The van der Waals surface area contributed by atoms with Crippen LogP contribution in [0.3, 0.4) is 0 Å². The summed E-state index contributed by atoms with van der Waals surface area (Å²) in [7, 11) is 0. The predicted molar refractivity (Wildman–Crippen MR) is 128 cm³/mol. The molecular weight excluding hydrogens is 448 g/mol. The van der Waals surface area contributed by atoms with Gasteiger partial charge in [0.25, 0.3) is 5.91 Å². The van der Waals surface area contributed by atoms with Crippen LogP contribution >= 0.6 is 0 Å². The molecule has 2 saturated heterocycles. The first kappa shape index (κ1) is 22.5. The van der Waals surface area contributed by atoms with E-state index in [4.69, 9.17) is 0 Å². The molecule has 2 N–H and O–H groups in total. The summed E-state index contributed by atoms with van der Waals surface area (Å²) in [6.07, 6.45) is 5.07. The number of imide groups is 1. The molecule has 11 nitrogen and oxygen atoms in total. The molecule has 180 valence electrons. The molecule has 0 bridgehead atoms. The third-order valence-corrected chi connectivity index (χ3v) is 6.49. The molecule has 3 heterocycles. The lowest BCUT2D eigenvalue weighted by Crippen LogP contribution is -2.42. The smallest absolute Gasteiger partial charge is 0.325 e. The van der Waals surface area contributed by atoms with Crippen LogP contribution in [0.2, 0.25) is 0 Å². The minimum atomic E-state index is -1.32. The van der Waals surface area contributed by atoms with Gasteiger partial charge in [0, 0.05) is 24.5 Å². The number of anilines is 2. The fraction of sp³-hybridized carbons (Fsp3) is 0.333. The van der Waals surface area contributed by atoms with Crippen LogP contribution in [0.4, 0.5) is 16.2 Å². The summed E-state index contributed by atoms with van der Waals surface area (Å²) >= 11 is 0. The highest BCUT2D eigenvalue weighted by molar-refractivity contribution is 6.10. The van der Waals surface area contributed by atoms with Crippen LogP contribution in [0.1, 0.15) is 31.7 Å². The largest absolute Gasteiger partial charge is 0.372 e. The van der Waals surface area contributed by atoms with Gasteiger partial charge in [-0.05, 0) is 78.6 Å². The van der Waals surface area contributed by atoms with Gasteiger partial charge in [0.15, 0.2) is 0 Å². The fourth-order valence-corrected chi connectivity index (χ4v) is 4.53. The van der Waals surface area contributed by atoms with E-state index in [2.05, 4.69) is 31.1 Å². The van der Waals surface area contributed by atoms with Gasteiger partial charge in [0.2, 0.25) is 5.91 Å². The van der Waals surface area contributed by atoms with Crippen LogP contribution in [-0.4, -0.2) is 62.6 Å². The van der Waals surface area contributed by atoms with Gasteiger partial charge >= 0.3 is 6.03 Å².